The number of nitrogens with one attached hydrogen (secondary N) is 1. The van der Waals surface area contributed by atoms with Crippen molar-refractivity contribution >= 4 is 12.0 Å². The lowest BCUT2D eigenvalue weighted by atomic mass is 9.81. The molecule has 2 heterocycles. The maximum atomic E-state index is 13.2. The first-order chi connectivity index (χ1) is 18.0. The number of hydrogen-bond acceptors (Lipinski definition) is 5. The third kappa shape index (κ3) is 6.64. The van der Waals surface area contributed by atoms with Gasteiger partial charge in [0.05, 0.1) is 29.3 Å². The van der Waals surface area contributed by atoms with E-state index < -0.39 is 24.2 Å². The van der Waals surface area contributed by atoms with Crippen molar-refractivity contribution in [3.8, 4) is 0 Å². The van der Waals surface area contributed by atoms with E-state index in [9.17, 15) is 22.8 Å². The summed E-state index contributed by atoms with van der Waals surface area (Å²) in [6, 6.07) is 8.86. The molecule has 2 aliphatic rings. The molecule has 1 aromatic carbocycles. The fourth-order valence-electron chi connectivity index (χ4n) is 5.65. The minimum absolute atomic E-state index is 0.0757. The highest BCUT2D eigenvalue weighted by atomic mass is 19.4. The maximum absolute atomic E-state index is 13.2. The van der Waals surface area contributed by atoms with Gasteiger partial charge in [-0.1, -0.05) is 36.8 Å². The number of amides is 2. The average Bonchev–Trinajstić information content (AvgIpc) is 3.22. The topological polar surface area (TPSA) is 97.5 Å². The van der Waals surface area contributed by atoms with Gasteiger partial charge >= 0.3 is 12.3 Å². The van der Waals surface area contributed by atoms with Crippen LogP contribution in [0.25, 0.3) is 0 Å². The average molecular weight is 533 g/mol. The van der Waals surface area contributed by atoms with E-state index in [1.807, 2.05) is 37.3 Å². The SMILES string of the molecule is CC[C@H]1c2ncc(C(=O)N[C@@H](COC(N)=O)c3ccc(C)cc3)cc2CN1C[C@H]1CC[C@H](C(F)(F)F)CC1. The Hall–Kier alpha value is -3.14. The van der Waals surface area contributed by atoms with Gasteiger partial charge < -0.3 is 15.8 Å². The molecule has 1 aliphatic carbocycles. The zero-order valence-corrected chi connectivity index (χ0v) is 21.8. The monoisotopic (exact) mass is 532 g/mol. The molecule has 0 unspecified atom stereocenters. The number of fused-ring (bicyclic) bond motifs is 1. The number of pyridine rings is 1. The number of hydrogen-bond donors (Lipinski definition) is 2. The fraction of sp³-hybridized carbons (Fsp3) is 0.536. The molecule has 7 nitrogen and oxygen atoms in total. The smallest absolute Gasteiger partial charge is 0.404 e. The summed E-state index contributed by atoms with van der Waals surface area (Å²) in [6.07, 6.45) is -1.13. The summed E-state index contributed by atoms with van der Waals surface area (Å²) >= 11 is 0. The summed E-state index contributed by atoms with van der Waals surface area (Å²) in [7, 11) is 0. The van der Waals surface area contributed by atoms with Crippen LogP contribution in [0.1, 0.15) is 83.9 Å². The van der Waals surface area contributed by atoms with E-state index >= 15 is 0 Å². The van der Waals surface area contributed by atoms with Gasteiger partial charge in [0.1, 0.15) is 6.61 Å². The standard InChI is InChI=1S/C28H35F3N4O3/c1-3-24-25-21(15-35(24)14-18-6-10-22(11-7-18)28(29,30)31)12-20(13-33-25)26(36)34-23(16-38-27(32)37)19-8-4-17(2)5-9-19/h4-5,8-9,12-13,18,22-24H,3,6-7,10-11,14-16H2,1-2H3,(H2,32,37)(H,34,36)/t18-,22-,23-,24-/m0/s1. The maximum Gasteiger partial charge on any atom is 0.404 e. The molecule has 38 heavy (non-hydrogen) atoms. The number of halogens is 3. The molecule has 0 bridgehead atoms. The van der Waals surface area contributed by atoms with Gasteiger partial charge in [-0.3, -0.25) is 14.7 Å². The van der Waals surface area contributed by atoms with Crippen molar-refractivity contribution < 1.29 is 27.5 Å². The zero-order chi connectivity index (χ0) is 27.4. The number of aryl methyl sites for hydroxylation is 1. The molecule has 1 fully saturated rings. The third-order valence-electron chi connectivity index (χ3n) is 7.76. The Morgan fingerprint density at radius 2 is 1.87 bits per heavy atom. The number of carbonyl (C=O) groups excluding carboxylic acids is 2. The van der Waals surface area contributed by atoms with Crippen molar-refractivity contribution in [2.24, 2.45) is 17.6 Å². The number of rotatable bonds is 8. The zero-order valence-electron chi connectivity index (χ0n) is 21.8. The van der Waals surface area contributed by atoms with Gasteiger partial charge in [0.15, 0.2) is 0 Å². The molecule has 1 aliphatic heterocycles. The number of benzene rings is 1. The highest BCUT2D eigenvalue weighted by molar-refractivity contribution is 5.94. The van der Waals surface area contributed by atoms with E-state index in [4.69, 9.17) is 10.5 Å². The molecule has 10 heteroatoms. The van der Waals surface area contributed by atoms with E-state index in [0.29, 0.717) is 24.9 Å². The Kier molecular flexibility index (Phi) is 8.60. The van der Waals surface area contributed by atoms with Crippen molar-refractivity contribution in [3.05, 3.63) is 64.5 Å². The first-order valence-electron chi connectivity index (χ1n) is 13.1. The third-order valence-corrected chi connectivity index (χ3v) is 7.76. The van der Waals surface area contributed by atoms with Gasteiger partial charge in [0.2, 0.25) is 0 Å². The molecule has 206 valence electrons. The Morgan fingerprint density at radius 1 is 1.18 bits per heavy atom. The summed E-state index contributed by atoms with van der Waals surface area (Å²) in [6.45, 7) is 5.24. The molecule has 2 aromatic rings. The van der Waals surface area contributed by atoms with Crippen molar-refractivity contribution in [3.63, 3.8) is 0 Å². The van der Waals surface area contributed by atoms with Crippen LogP contribution in [0, 0.1) is 18.8 Å². The van der Waals surface area contributed by atoms with Crippen molar-refractivity contribution in [2.75, 3.05) is 13.2 Å². The van der Waals surface area contributed by atoms with Gasteiger partial charge in [-0.15, -0.1) is 0 Å². The van der Waals surface area contributed by atoms with Crippen LogP contribution in [-0.4, -0.2) is 41.2 Å². The second-order valence-electron chi connectivity index (χ2n) is 10.4. The van der Waals surface area contributed by atoms with Crippen molar-refractivity contribution in [2.45, 2.75) is 70.8 Å². The van der Waals surface area contributed by atoms with E-state index in [1.54, 1.807) is 6.20 Å². The largest absolute Gasteiger partial charge is 0.447 e. The minimum atomic E-state index is -4.11. The van der Waals surface area contributed by atoms with Crippen LogP contribution in [0.2, 0.25) is 0 Å². The van der Waals surface area contributed by atoms with Crippen LogP contribution < -0.4 is 11.1 Å². The van der Waals surface area contributed by atoms with Crippen LogP contribution in [-0.2, 0) is 11.3 Å². The van der Waals surface area contributed by atoms with Crippen LogP contribution in [0.5, 0.6) is 0 Å². The summed E-state index contributed by atoms with van der Waals surface area (Å²) < 4.78 is 44.2. The number of nitrogens with two attached hydrogens (primary N) is 1. The summed E-state index contributed by atoms with van der Waals surface area (Å²) in [5, 5.41) is 2.92. The number of ether oxygens (including phenoxy) is 1. The van der Waals surface area contributed by atoms with E-state index in [-0.39, 0.29) is 37.3 Å². The predicted molar refractivity (Wildman–Crippen MR) is 136 cm³/mol. The quantitative estimate of drug-likeness (QED) is 0.462. The molecule has 0 spiro atoms. The summed E-state index contributed by atoms with van der Waals surface area (Å²) in [5.74, 6) is -1.31. The molecular formula is C28H35F3N4O3. The lowest BCUT2D eigenvalue weighted by Gasteiger charge is -2.33. The fourth-order valence-corrected chi connectivity index (χ4v) is 5.65. The molecule has 1 saturated carbocycles. The number of aromatic nitrogens is 1. The number of alkyl halides is 3. The highest BCUT2D eigenvalue weighted by Crippen LogP contribution is 2.42. The second kappa shape index (κ2) is 11.7. The van der Waals surface area contributed by atoms with Crippen LogP contribution in [0.4, 0.5) is 18.0 Å². The highest BCUT2D eigenvalue weighted by Gasteiger charge is 2.42. The molecule has 2 atom stereocenters. The van der Waals surface area contributed by atoms with Gasteiger partial charge in [-0.25, -0.2) is 4.79 Å². The van der Waals surface area contributed by atoms with Crippen molar-refractivity contribution in [1.82, 2.24) is 15.2 Å². The number of nitrogens with zero attached hydrogens (tertiary/aromatic N) is 2. The molecule has 1 aromatic heterocycles. The Bertz CT molecular complexity index is 1130. The number of primary amides is 1. The van der Waals surface area contributed by atoms with Crippen LogP contribution >= 0.6 is 0 Å². The van der Waals surface area contributed by atoms with E-state index in [2.05, 4.69) is 22.1 Å². The summed E-state index contributed by atoms with van der Waals surface area (Å²) in [4.78, 5) is 31.3. The normalized spacial score (nSPS) is 22.5. The van der Waals surface area contributed by atoms with Crippen LogP contribution in [0.15, 0.2) is 36.5 Å². The van der Waals surface area contributed by atoms with Gasteiger partial charge in [-0.05, 0) is 62.1 Å². The van der Waals surface area contributed by atoms with E-state index in [1.165, 1.54) is 0 Å². The van der Waals surface area contributed by atoms with Crippen molar-refractivity contribution in [1.29, 1.82) is 0 Å². The molecule has 0 radical (unpaired) electrons. The Labute approximate surface area is 220 Å². The van der Waals surface area contributed by atoms with Gasteiger partial charge in [-0.2, -0.15) is 13.2 Å². The first kappa shape index (κ1) is 27.9. The lowest BCUT2D eigenvalue weighted by Crippen LogP contribution is -2.33. The lowest BCUT2D eigenvalue weighted by molar-refractivity contribution is -0.184. The number of carbonyl (C=O) groups is 2. The molecule has 4 rings (SSSR count). The molecule has 3 N–H and O–H groups in total. The first-order valence-corrected chi connectivity index (χ1v) is 13.1. The minimum Gasteiger partial charge on any atom is -0.447 e. The molecule has 2 amide bonds. The predicted octanol–water partition coefficient (Wildman–Crippen LogP) is 5.59. The Morgan fingerprint density at radius 3 is 2.47 bits per heavy atom. The Balaban J connectivity index is 1.43. The molecular weight excluding hydrogens is 497 g/mol. The summed E-state index contributed by atoms with van der Waals surface area (Å²) in [5.41, 5.74) is 9.23. The van der Waals surface area contributed by atoms with E-state index in [0.717, 1.165) is 35.3 Å². The van der Waals surface area contributed by atoms with Crippen LogP contribution in [0.3, 0.4) is 0 Å². The second-order valence-corrected chi connectivity index (χ2v) is 10.4. The van der Waals surface area contributed by atoms with Gasteiger partial charge in [0.25, 0.3) is 5.91 Å². The molecule has 0 saturated heterocycles. The van der Waals surface area contributed by atoms with Gasteiger partial charge in [0, 0.05) is 19.3 Å².